The summed E-state index contributed by atoms with van der Waals surface area (Å²) >= 11 is 0. The van der Waals surface area contributed by atoms with E-state index >= 15 is 0 Å². The molecule has 0 bridgehead atoms. The number of nitrogens with one attached hydrogen (secondary N) is 1. The predicted molar refractivity (Wildman–Crippen MR) is 64.1 cm³/mol. The first-order valence-corrected chi connectivity index (χ1v) is 6.45. The molecule has 0 saturated carbocycles. The van der Waals surface area contributed by atoms with Gasteiger partial charge in [-0.25, -0.2) is 0 Å². The number of nitrogens with two attached hydrogens (primary N) is 1. The molecule has 1 aliphatic heterocycles. The van der Waals surface area contributed by atoms with E-state index in [1.54, 1.807) is 4.90 Å². The van der Waals surface area contributed by atoms with Crippen LogP contribution in [0, 0.1) is 0 Å². The summed E-state index contributed by atoms with van der Waals surface area (Å²) in [5, 5.41) is 2.43. The van der Waals surface area contributed by atoms with Crippen LogP contribution in [0.1, 0.15) is 25.3 Å². The van der Waals surface area contributed by atoms with Crippen molar-refractivity contribution in [1.29, 1.82) is 0 Å². The molecule has 0 radical (unpaired) electrons. The highest BCUT2D eigenvalue weighted by molar-refractivity contribution is 5.06. The SMILES string of the molecule is CC[NH+]1CCC[C@@H]1C[NH2+]Cc1cccnc1. The quantitative estimate of drug-likeness (QED) is 0.671. The van der Waals surface area contributed by atoms with Crippen molar-refractivity contribution in [3.63, 3.8) is 0 Å². The normalized spacial score (nSPS) is 24.8. The van der Waals surface area contributed by atoms with Crippen LogP contribution in [0.5, 0.6) is 0 Å². The minimum atomic E-state index is 0.877. The molecule has 0 aliphatic carbocycles. The molecule has 1 aliphatic rings. The second-order valence-corrected chi connectivity index (χ2v) is 4.69. The smallest absolute Gasteiger partial charge is 0.137 e. The van der Waals surface area contributed by atoms with Crippen molar-refractivity contribution >= 4 is 0 Å². The molecule has 1 fully saturated rings. The number of hydrogen-bond donors (Lipinski definition) is 2. The molecule has 1 aromatic heterocycles. The molecule has 2 heterocycles. The molecule has 1 saturated heterocycles. The van der Waals surface area contributed by atoms with Crippen molar-refractivity contribution in [2.45, 2.75) is 32.4 Å². The van der Waals surface area contributed by atoms with Crippen LogP contribution in [-0.4, -0.2) is 30.7 Å². The number of quaternary nitrogens is 2. The average molecular weight is 221 g/mol. The van der Waals surface area contributed by atoms with Gasteiger partial charge in [-0.3, -0.25) is 4.98 Å². The maximum atomic E-state index is 4.14. The van der Waals surface area contributed by atoms with Crippen molar-refractivity contribution in [3.8, 4) is 0 Å². The van der Waals surface area contributed by atoms with E-state index in [0.717, 1.165) is 12.6 Å². The van der Waals surface area contributed by atoms with Gasteiger partial charge in [-0.2, -0.15) is 0 Å². The van der Waals surface area contributed by atoms with Crippen LogP contribution < -0.4 is 10.2 Å². The fourth-order valence-corrected chi connectivity index (χ4v) is 2.70. The topological polar surface area (TPSA) is 33.9 Å². The summed E-state index contributed by atoms with van der Waals surface area (Å²) in [4.78, 5) is 5.93. The Morgan fingerprint density at radius 2 is 2.50 bits per heavy atom. The van der Waals surface area contributed by atoms with Gasteiger partial charge in [0, 0.05) is 30.8 Å². The average Bonchev–Trinajstić information content (AvgIpc) is 2.78. The molecule has 0 aromatic carbocycles. The highest BCUT2D eigenvalue weighted by Gasteiger charge is 2.27. The predicted octanol–water partition coefficient (Wildman–Crippen LogP) is -0.788. The minimum Gasteiger partial charge on any atom is -0.338 e. The van der Waals surface area contributed by atoms with E-state index in [-0.39, 0.29) is 0 Å². The standard InChI is InChI=1S/C13H21N3/c1-2-16-8-4-6-13(16)11-15-10-12-5-3-7-14-9-12/h3,5,7,9,13,15H,2,4,6,8,10-11H2,1H3/p+2/t13-/m1/s1. The molecule has 0 amide bonds. The van der Waals surface area contributed by atoms with Gasteiger partial charge in [-0.1, -0.05) is 6.07 Å². The summed E-state index contributed by atoms with van der Waals surface area (Å²) < 4.78 is 0. The van der Waals surface area contributed by atoms with Gasteiger partial charge in [0.1, 0.15) is 19.1 Å². The fraction of sp³-hybridized carbons (Fsp3) is 0.615. The Kier molecular flexibility index (Phi) is 4.31. The lowest BCUT2D eigenvalue weighted by atomic mass is 10.2. The number of likely N-dealkylation sites (tertiary alicyclic amines) is 1. The molecule has 3 N–H and O–H groups in total. The van der Waals surface area contributed by atoms with Crippen molar-refractivity contribution in [2.24, 2.45) is 0 Å². The zero-order valence-electron chi connectivity index (χ0n) is 10.2. The molecular weight excluding hydrogens is 198 g/mol. The Bertz CT molecular complexity index is 299. The third kappa shape index (κ3) is 3.03. The number of pyridine rings is 1. The molecule has 88 valence electrons. The Labute approximate surface area is 97.9 Å². The molecule has 2 rings (SSSR count). The number of hydrogen-bond acceptors (Lipinski definition) is 1. The van der Waals surface area contributed by atoms with Gasteiger partial charge in [0.05, 0.1) is 13.1 Å². The van der Waals surface area contributed by atoms with Gasteiger partial charge in [-0.05, 0) is 13.0 Å². The molecule has 3 nitrogen and oxygen atoms in total. The summed E-state index contributed by atoms with van der Waals surface area (Å²) in [6.07, 6.45) is 6.63. The van der Waals surface area contributed by atoms with Crippen LogP contribution in [0.25, 0.3) is 0 Å². The summed E-state index contributed by atoms with van der Waals surface area (Å²) in [5.41, 5.74) is 1.33. The van der Waals surface area contributed by atoms with Crippen LogP contribution in [0.2, 0.25) is 0 Å². The molecule has 1 aromatic rings. The number of likely N-dealkylation sites (N-methyl/N-ethyl adjacent to an activating group) is 1. The maximum absolute atomic E-state index is 4.14. The van der Waals surface area contributed by atoms with E-state index in [0.29, 0.717) is 0 Å². The molecule has 0 spiro atoms. The van der Waals surface area contributed by atoms with Crippen molar-refractivity contribution in [2.75, 3.05) is 19.6 Å². The molecule has 1 unspecified atom stereocenters. The van der Waals surface area contributed by atoms with Crippen molar-refractivity contribution < 1.29 is 10.2 Å². The largest absolute Gasteiger partial charge is 0.338 e. The minimum absolute atomic E-state index is 0.877. The molecule has 2 atom stereocenters. The lowest BCUT2D eigenvalue weighted by Gasteiger charge is -2.18. The number of rotatable bonds is 5. The zero-order valence-corrected chi connectivity index (χ0v) is 10.2. The Hall–Kier alpha value is -0.930. The fourth-order valence-electron chi connectivity index (χ4n) is 2.70. The maximum Gasteiger partial charge on any atom is 0.137 e. The lowest BCUT2D eigenvalue weighted by Crippen LogP contribution is -3.16. The van der Waals surface area contributed by atoms with Crippen LogP contribution in [0.15, 0.2) is 24.5 Å². The van der Waals surface area contributed by atoms with Gasteiger partial charge in [0.2, 0.25) is 0 Å². The van der Waals surface area contributed by atoms with E-state index in [4.69, 9.17) is 0 Å². The van der Waals surface area contributed by atoms with Gasteiger partial charge < -0.3 is 10.2 Å². The first kappa shape index (κ1) is 11.6. The summed E-state index contributed by atoms with van der Waals surface area (Å²) in [7, 11) is 0. The van der Waals surface area contributed by atoms with Crippen LogP contribution in [0.3, 0.4) is 0 Å². The Morgan fingerprint density at radius 1 is 1.56 bits per heavy atom. The first-order chi connectivity index (χ1) is 7.90. The van der Waals surface area contributed by atoms with Gasteiger partial charge in [0.25, 0.3) is 0 Å². The van der Waals surface area contributed by atoms with Gasteiger partial charge in [0.15, 0.2) is 0 Å². The van der Waals surface area contributed by atoms with E-state index < -0.39 is 0 Å². The molecule has 3 heteroatoms. The molecule has 16 heavy (non-hydrogen) atoms. The highest BCUT2D eigenvalue weighted by atomic mass is 15.2. The zero-order chi connectivity index (χ0) is 11.2. The van der Waals surface area contributed by atoms with Crippen molar-refractivity contribution in [1.82, 2.24) is 4.98 Å². The third-order valence-corrected chi connectivity index (χ3v) is 3.64. The van der Waals surface area contributed by atoms with E-state index in [9.17, 15) is 0 Å². The van der Waals surface area contributed by atoms with Crippen LogP contribution in [0.4, 0.5) is 0 Å². The van der Waals surface area contributed by atoms with E-state index in [1.165, 1.54) is 38.0 Å². The monoisotopic (exact) mass is 221 g/mol. The highest BCUT2D eigenvalue weighted by Crippen LogP contribution is 1.97. The van der Waals surface area contributed by atoms with E-state index in [2.05, 4.69) is 23.3 Å². The van der Waals surface area contributed by atoms with Gasteiger partial charge >= 0.3 is 0 Å². The third-order valence-electron chi connectivity index (χ3n) is 3.64. The number of aromatic nitrogens is 1. The summed E-state index contributed by atoms with van der Waals surface area (Å²) in [5.74, 6) is 0. The first-order valence-electron chi connectivity index (χ1n) is 6.45. The van der Waals surface area contributed by atoms with Crippen LogP contribution >= 0.6 is 0 Å². The Morgan fingerprint density at radius 3 is 3.25 bits per heavy atom. The van der Waals surface area contributed by atoms with Crippen molar-refractivity contribution in [3.05, 3.63) is 30.1 Å². The van der Waals surface area contributed by atoms with Gasteiger partial charge in [-0.15, -0.1) is 0 Å². The summed E-state index contributed by atoms with van der Waals surface area (Å²) in [6.45, 7) is 7.29. The second kappa shape index (κ2) is 5.97. The summed E-state index contributed by atoms with van der Waals surface area (Å²) in [6, 6.07) is 5.05. The second-order valence-electron chi connectivity index (χ2n) is 4.69. The van der Waals surface area contributed by atoms with Crippen LogP contribution in [-0.2, 0) is 6.54 Å². The number of nitrogens with zero attached hydrogens (tertiary/aromatic N) is 1. The van der Waals surface area contributed by atoms with E-state index in [1.807, 2.05) is 18.5 Å². The lowest BCUT2D eigenvalue weighted by molar-refractivity contribution is -0.925. The molecular formula is C13H23N3+2. The Balaban J connectivity index is 1.72.